The number of hydrogen-bond donors (Lipinski definition) is 1. The molecule has 0 aliphatic carbocycles. The molecule has 2 rings (SSSR count). The van der Waals surface area contributed by atoms with Gasteiger partial charge in [0.25, 0.3) is 5.89 Å². The molecular formula is C13H17ClN4O2. The van der Waals surface area contributed by atoms with E-state index in [1.165, 1.54) is 0 Å². The van der Waals surface area contributed by atoms with E-state index in [0.29, 0.717) is 34.6 Å². The Bertz CT molecular complexity index is 586. The number of rotatable bonds is 5. The molecule has 20 heavy (non-hydrogen) atoms. The van der Waals surface area contributed by atoms with Crippen LogP contribution in [0.2, 0.25) is 5.02 Å². The molecule has 2 aromatic rings. The summed E-state index contributed by atoms with van der Waals surface area (Å²) >= 11 is 5.92. The van der Waals surface area contributed by atoms with Crippen LogP contribution in [0.5, 0.6) is 5.75 Å². The number of halogens is 1. The lowest BCUT2D eigenvalue weighted by Crippen LogP contribution is -2.26. The van der Waals surface area contributed by atoms with Gasteiger partial charge >= 0.3 is 0 Å². The summed E-state index contributed by atoms with van der Waals surface area (Å²) in [5, 5.41) is 4.50. The SMILES string of the molecule is COc1cc(Cl)ccc1-c1nc(C(N)CN(C)C)no1. The second-order valence-electron chi connectivity index (χ2n) is 4.67. The number of ether oxygens (including phenoxy) is 1. The maximum atomic E-state index is 6.00. The Morgan fingerprint density at radius 2 is 2.20 bits per heavy atom. The van der Waals surface area contributed by atoms with Gasteiger partial charge in [-0.05, 0) is 32.3 Å². The van der Waals surface area contributed by atoms with Gasteiger partial charge < -0.3 is 19.9 Å². The highest BCUT2D eigenvalue weighted by Gasteiger charge is 2.18. The fourth-order valence-electron chi connectivity index (χ4n) is 1.81. The lowest BCUT2D eigenvalue weighted by Gasteiger charge is -2.12. The van der Waals surface area contributed by atoms with Crippen molar-refractivity contribution in [3.05, 3.63) is 29.0 Å². The summed E-state index contributed by atoms with van der Waals surface area (Å²) in [6.45, 7) is 0.636. The fourth-order valence-corrected chi connectivity index (χ4v) is 1.97. The Morgan fingerprint density at radius 3 is 2.85 bits per heavy atom. The van der Waals surface area contributed by atoms with E-state index in [2.05, 4.69) is 10.1 Å². The Hall–Kier alpha value is -1.63. The molecule has 0 fully saturated rings. The first-order chi connectivity index (χ1) is 9.51. The zero-order valence-corrected chi connectivity index (χ0v) is 12.4. The van der Waals surface area contributed by atoms with Crippen molar-refractivity contribution in [1.29, 1.82) is 0 Å². The molecule has 0 amide bonds. The van der Waals surface area contributed by atoms with Crippen LogP contribution in [0.3, 0.4) is 0 Å². The van der Waals surface area contributed by atoms with Crippen LogP contribution in [0, 0.1) is 0 Å². The van der Waals surface area contributed by atoms with E-state index in [9.17, 15) is 0 Å². The van der Waals surface area contributed by atoms with E-state index < -0.39 is 0 Å². The molecule has 0 aliphatic heterocycles. The predicted molar refractivity (Wildman–Crippen MR) is 76.8 cm³/mol. The monoisotopic (exact) mass is 296 g/mol. The van der Waals surface area contributed by atoms with Crippen LogP contribution in [0.1, 0.15) is 11.9 Å². The summed E-state index contributed by atoms with van der Waals surface area (Å²) in [6.07, 6.45) is 0. The molecule has 108 valence electrons. The Balaban J connectivity index is 2.29. The number of nitrogens with two attached hydrogens (primary N) is 1. The first-order valence-corrected chi connectivity index (χ1v) is 6.47. The molecule has 0 aliphatic rings. The van der Waals surface area contributed by atoms with Crippen LogP contribution in [-0.2, 0) is 0 Å². The molecule has 0 radical (unpaired) electrons. The molecule has 1 unspecified atom stereocenters. The van der Waals surface area contributed by atoms with Gasteiger partial charge in [0.15, 0.2) is 5.82 Å². The number of methoxy groups -OCH3 is 1. The van der Waals surface area contributed by atoms with E-state index in [0.717, 1.165) is 0 Å². The summed E-state index contributed by atoms with van der Waals surface area (Å²) in [4.78, 5) is 6.28. The number of aromatic nitrogens is 2. The highest BCUT2D eigenvalue weighted by atomic mass is 35.5. The van der Waals surface area contributed by atoms with Gasteiger partial charge in [-0.25, -0.2) is 0 Å². The minimum atomic E-state index is -0.305. The normalized spacial score (nSPS) is 12.7. The van der Waals surface area contributed by atoms with Crippen molar-refractivity contribution in [2.75, 3.05) is 27.7 Å². The summed E-state index contributed by atoms with van der Waals surface area (Å²) in [5.41, 5.74) is 6.69. The van der Waals surface area contributed by atoms with Crippen molar-refractivity contribution < 1.29 is 9.26 Å². The summed E-state index contributed by atoms with van der Waals surface area (Å²) in [5.74, 6) is 1.40. The zero-order chi connectivity index (χ0) is 14.7. The number of nitrogens with zero attached hydrogens (tertiary/aromatic N) is 3. The summed E-state index contributed by atoms with van der Waals surface area (Å²) in [6, 6.07) is 4.90. The van der Waals surface area contributed by atoms with E-state index in [1.807, 2.05) is 19.0 Å². The lowest BCUT2D eigenvalue weighted by atomic mass is 10.2. The van der Waals surface area contributed by atoms with Crippen LogP contribution in [-0.4, -0.2) is 42.8 Å². The second-order valence-corrected chi connectivity index (χ2v) is 5.11. The summed E-state index contributed by atoms with van der Waals surface area (Å²) < 4.78 is 10.5. The quantitative estimate of drug-likeness (QED) is 0.909. The molecule has 1 aromatic carbocycles. The third-order valence-corrected chi connectivity index (χ3v) is 2.96. The van der Waals surface area contributed by atoms with Gasteiger partial charge in [-0.2, -0.15) is 4.98 Å². The van der Waals surface area contributed by atoms with Crippen LogP contribution in [0.15, 0.2) is 22.7 Å². The number of likely N-dealkylation sites (N-methyl/N-ethyl adjacent to an activating group) is 1. The zero-order valence-electron chi connectivity index (χ0n) is 11.6. The van der Waals surface area contributed by atoms with Gasteiger partial charge in [-0.3, -0.25) is 0 Å². The van der Waals surface area contributed by atoms with Crippen LogP contribution in [0.25, 0.3) is 11.5 Å². The lowest BCUT2D eigenvalue weighted by molar-refractivity contribution is 0.356. The predicted octanol–water partition coefficient (Wildman–Crippen LogP) is 1.96. The summed E-state index contributed by atoms with van der Waals surface area (Å²) in [7, 11) is 5.43. The fraction of sp³-hybridized carbons (Fsp3) is 0.385. The molecular weight excluding hydrogens is 280 g/mol. The number of benzene rings is 1. The molecule has 6 nitrogen and oxygen atoms in total. The van der Waals surface area contributed by atoms with Crippen LogP contribution >= 0.6 is 11.6 Å². The molecule has 1 atom stereocenters. The molecule has 0 saturated carbocycles. The van der Waals surface area contributed by atoms with Gasteiger partial charge in [0, 0.05) is 11.6 Å². The molecule has 7 heteroatoms. The second kappa shape index (κ2) is 6.21. The average Bonchev–Trinajstić information content (AvgIpc) is 2.87. The molecule has 1 aromatic heterocycles. The largest absolute Gasteiger partial charge is 0.496 e. The van der Waals surface area contributed by atoms with Crippen molar-refractivity contribution in [1.82, 2.24) is 15.0 Å². The Labute approximate surface area is 122 Å². The molecule has 0 spiro atoms. The van der Waals surface area contributed by atoms with Crippen molar-refractivity contribution in [3.63, 3.8) is 0 Å². The number of hydrogen-bond acceptors (Lipinski definition) is 6. The average molecular weight is 297 g/mol. The Kier molecular flexibility index (Phi) is 4.59. The van der Waals surface area contributed by atoms with Gasteiger partial charge in [-0.1, -0.05) is 16.8 Å². The highest BCUT2D eigenvalue weighted by molar-refractivity contribution is 6.30. The van der Waals surface area contributed by atoms with Gasteiger partial charge in [0.1, 0.15) is 5.75 Å². The third-order valence-electron chi connectivity index (χ3n) is 2.73. The highest BCUT2D eigenvalue weighted by Crippen LogP contribution is 2.31. The molecule has 2 N–H and O–H groups in total. The van der Waals surface area contributed by atoms with E-state index in [1.54, 1.807) is 25.3 Å². The minimum Gasteiger partial charge on any atom is -0.496 e. The van der Waals surface area contributed by atoms with Crippen molar-refractivity contribution in [2.24, 2.45) is 5.73 Å². The topological polar surface area (TPSA) is 77.4 Å². The van der Waals surface area contributed by atoms with Crippen molar-refractivity contribution in [2.45, 2.75) is 6.04 Å². The Morgan fingerprint density at radius 1 is 1.45 bits per heavy atom. The van der Waals surface area contributed by atoms with Crippen molar-refractivity contribution in [3.8, 4) is 17.2 Å². The van der Waals surface area contributed by atoms with E-state index >= 15 is 0 Å². The standard InChI is InChI=1S/C13H17ClN4O2/c1-18(2)7-10(15)12-16-13(20-17-12)9-5-4-8(14)6-11(9)19-3/h4-6,10H,7,15H2,1-3H3. The molecule has 1 heterocycles. The van der Waals surface area contributed by atoms with Crippen LogP contribution < -0.4 is 10.5 Å². The van der Waals surface area contributed by atoms with Gasteiger partial charge in [0.2, 0.25) is 0 Å². The molecule has 0 saturated heterocycles. The maximum Gasteiger partial charge on any atom is 0.261 e. The minimum absolute atomic E-state index is 0.305. The third kappa shape index (κ3) is 3.27. The van der Waals surface area contributed by atoms with Gasteiger partial charge in [0.05, 0.1) is 18.7 Å². The smallest absolute Gasteiger partial charge is 0.261 e. The van der Waals surface area contributed by atoms with E-state index in [4.69, 9.17) is 26.6 Å². The first-order valence-electron chi connectivity index (χ1n) is 6.09. The molecule has 0 bridgehead atoms. The maximum absolute atomic E-state index is 6.00. The van der Waals surface area contributed by atoms with E-state index in [-0.39, 0.29) is 6.04 Å². The van der Waals surface area contributed by atoms with Crippen LogP contribution in [0.4, 0.5) is 0 Å². The van der Waals surface area contributed by atoms with Gasteiger partial charge in [-0.15, -0.1) is 0 Å². The van der Waals surface area contributed by atoms with Crippen molar-refractivity contribution >= 4 is 11.6 Å². The first kappa shape index (κ1) is 14.8.